The van der Waals surface area contributed by atoms with Gasteiger partial charge in [0.1, 0.15) is 0 Å². The Hall–Kier alpha value is -3.85. The van der Waals surface area contributed by atoms with E-state index in [1.807, 2.05) is 60.2 Å². The smallest absolute Gasteiger partial charge is 0.180 e. The fourth-order valence-electron chi connectivity index (χ4n) is 2.83. The van der Waals surface area contributed by atoms with Crippen LogP contribution in [0.5, 0.6) is 0 Å². The van der Waals surface area contributed by atoms with Crippen LogP contribution < -0.4 is 10.6 Å². The molecule has 0 aliphatic heterocycles. The zero-order chi connectivity index (χ0) is 17.9. The molecule has 6 nitrogen and oxygen atoms in total. The number of fused-ring (bicyclic) bond motifs is 1. The van der Waals surface area contributed by atoms with Gasteiger partial charge in [0.15, 0.2) is 11.5 Å². The third-order valence-electron chi connectivity index (χ3n) is 4.15. The summed E-state index contributed by atoms with van der Waals surface area (Å²) in [5, 5.41) is 15.4. The fourth-order valence-corrected chi connectivity index (χ4v) is 2.83. The number of anilines is 3. The van der Waals surface area contributed by atoms with Gasteiger partial charge in [-0.15, -0.1) is 0 Å². The summed E-state index contributed by atoms with van der Waals surface area (Å²) in [6.45, 7) is 0. The number of imidazole rings is 1. The van der Waals surface area contributed by atoms with Gasteiger partial charge in [-0.25, -0.2) is 9.97 Å². The van der Waals surface area contributed by atoms with E-state index < -0.39 is 0 Å². The first-order chi connectivity index (χ1) is 12.8. The van der Waals surface area contributed by atoms with Gasteiger partial charge in [0.2, 0.25) is 0 Å². The highest BCUT2D eigenvalue weighted by molar-refractivity contribution is 5.75. The first kappa shape index (κ1) is 15.7. The number of aromatic nitrogens is 3. The normalized spacial score (nSPS) is 10.5. The molecule has 4 aromatic rings. The molecule has 0 radical (unpaired) electrons. The summed E-state index contributed by atoms with van der Waals surface area (Å²) in [5.41, 5.74) is 5.26. The van der Waals surface area contributed by atoms with Gasteiger partial charge in [-0.05, 0) is 30.3 Å². The van der Waals surface area contributed by atoms with Crippen molar-refractivity contribution in [3.8, 4) is 17.3 Å². The number of benzene rings is 2. The first-order valence-electron chi connectivity index (χ1n) is 8.16. The molecule has 0 amide bonds. The molecule has 0 aliphatic carbocycles. The molecule has 2 aromatic carbocycles. The molecule has 2 heterocycles. The summed E-state index contributed by atoms with van der Waals surface area (Å²) >= 11 is 0. The lowest BCUT2D eigenvalue weighted by Gasteiger charge is -2.09. The molecule has 4 rings (SSSR count). The summed E-state index contributed by atoms with van der Waals surface area (Å²) in [5.74, 6) is 0.681. The maximum Gasteiger partial charge on any atom is 0.180 e. The van der Waals surface area contributed by atoms with Crippen molar-refractivity contribution in [2.24, 2.45) is 0 Å². The summed E-state index contributed by atoms with van der Waals surface area (Å²) in [6.07, 6.45) is 5.44. The Morgan fingerprint density at radius 2 is 1.85 bits per heavy atom. The van der Waals surface area contributed by atoms with E-state index in [0.29, 0.717) is 11.4 Å². The number of nitrogens with one attached hydrogen (secondary N) is 2. The predicted molar refractivity (Wildman–Crippen MR) is 102 cm³/mol. The van der Waals surface area contributed by atoms with E-state index in [1.54, 1.807) is 18.3 Å². The van der Waals surface area contributed by atoms with Crippen LogP contribution in [0.2, 0.25) is 0 Å². The number of rotatable bonds is 4. The topological polar surface area (TPSA) is 78.0 Å². The van der Waals surface area contributed by atoms with Crippen LogP contribution in [-0.2, 0) is 0 Å². The lowest BCUT2D eigenvalue weighted by atomic mass is 10.1. The molecule has 0 saturated carbocycles. The maximum absolute atomic E-state index is 8.96. The number of nitrogens with zero attached hydrogens (tertiary/aromatic N) is 4. The van der Waals surface area contributed by atoms with Crippen LogP contribution >= 0.6 is 0 Å². The number of hydrogen-bond donors (Lipinski definition) is 2. The Morgan fingerprint density at radius 3 is 2.62 bits per heavy atom. The van der Waals surface area contributed by atoms with Crippen molar-refractivity contribution in [2.75, 3.05) is 17.7 Å². The average molecular weight is 340 g/mol. The largest absolute Gasteiger partial charge is 0.388 e. The zero-order valence-corrected chi connectivity index (χ0v) is 14.1. The maximum atomic E-state index is 8.96. The van der Waals surface area contributed by atoms with E-state index in [2.05, 4.69) is 26.7 Å². The van der Waals surface area contributed by atoms with Crippen molar-refractivity contribution in [3.63, 3.8) is 0 Å². The van der Waals surface area contributed by atoms with Crippen LogP contribution in [0.3, 0.4) is 0 Å². The summed E-state index contributed by atoms with van der Waals surface area (Å²) < 4.78 is 1.98. The van der Waals surface area contributed by atoms with Gasteiger partial charge in [-0.3, -0.25) is 4.40 Å². The lowest BCUT2D eigenvalue weighted by molar-refractivity contribution is 1.13. The molecule has 2 N–H and O–H groups in total. The zero-order valence-electron chi connectivity index (χ0n) is 14.1. The van der Waals surface area contributed by atoms with Gasteiger partial charge < -0.3 is 10.6 Å². The van der Waals surface area contributed by atoms with E-state index in [0.717, 1.165) is 28.3 Å². The van der Waals surface area contributed by atoms with Gasteiger partial charge >= 0.3 is 0 Å². The van der Waals surface area contributed by atoms with E-state index in [-0.39, 0.29) is 0 Å². The van der Waals surface area contributed by atoms with Crippen LogP contribution in [0.15, 0.2) is 67.1 Å². The number of hydrogen-bond acceptors (Lipinski definition) is 5. The van der Waals surface area contributed by atoms with Crippen molar-refractivity contribution in [3.05, 3.63) is 72.7 Å². The van der Waals surface area contributed by atoms with Gasteiger partial charge in [-0.2, -0.15) is 5.26 Å². The van der Waals surface area contributed by atoms with Gasteiger partial charge in [0.05, 0.1) is 23.5 Å². The van der Waals surface area contributed by atoms with E-state index in [4.69, 9.17) is 5.26 Å². The third kappa shape index (κ3) is 2.82. The second kappa shape index (κ2) is 6.57. The Labute approximate surface area is 150 Å². The minimum absolute atomic E-state index is 0.635. The minimum atomic E-state index is 0.635. The van der Waals surface area contributed by atoms with Crippen LogP contribution in [0.4, 0.5) is 17.2 Å². The van der Waals surface area contributed by atoms with Crippen molar-refractivity contribution in [1.29, 1.82) is 5.26 Å². The second-order valence-corrected chi connectivity index (χ2v) is 5.76. The Kier molecular flexibility index (Phi) is 3.96. The molecule has 0 unspecified atom stereocenters. The molecule has 0 spiro atoms. The molecule has 0 aliphatic rings. The molecule has 26 heavy (non-hydrogen) atoms. The second-order valence-electron chi connectivity index (χ2n) is 5.76. The Morgan fingerprint density at radius 1 is 1.04 bits per heavy atom. The first-order valence-corrected chi connectivity index (χ1v) is 8.16. The summed E-state index contributed by atoms with van der Waals surface area (Å²) in [7, 11) is 1.89. The Balaban J connectivity index is 1.73. The molecule has 126 valence electrons. The standard InChI is InChI=1S/C20H16N6/c1-22-16-3-2-4-17(11-16)25-19-20-24-13-18(26(20)10-9-23-19)15-7-5-14(12-21)6-8-15/h2-11,13,22H,1H3,(H,23,25). The van der Waals surface area contributed by atoms with Crippen LogP contribution in [0.1, 0.15) is 5.56 Å². The monoisotopic (exact) mass is 340 g/mol. The fraction of sp³-hybridized carbons (Fsp3) is 0.0500. The predicted octanol–water partition coefficient (Wildman–Crippen LogP) is 4.05. The molecular weight excluding hydrogens is 324 g/mol. The molecule has 2 aromatic heterocycles. The minimum Gasteiger partial charge on any atom is -0.388 e. The highest BCUT2D eigenvalue weighted by Crippen LogP contribution is 2.26. The van der Waals surface area contributed by atoms with Gasteiger partial charge in [0.25, 0.3) is 0 Å². The van der Waals surface area contributed by atoms with Crippen molar-refractivity contribution in [2.45, 2.75) is 0 Å². The average Bonchev–Trinajstić information content (AvgIpc) is 3.13. The highest BCUT2D eigenvalue weighted by atomic mass is 15.1. The van der Waals surface area contributed by atoms with Crippen LogP contribution in [-0.4, -0.2) is 21.4 Å². The molecule has 0 atom stereocenters. The SMILES string of the molecule is CNc1cccc(Nc2nccn3c(-c4ccc(C#N)cc4)cnc23)c1. The van der Waals surface area contributed by atoms with Crippen molar-refractivity contribution in [1.82, 2.24) is 14.4 Å². The molecule has 0 bridgehead atoms. The van der Waals surface area contributed by atoms with E-state index in [9.17, 15) is 0 Å². The van der Waals surface area contributed by atoms with Crippen molar-refractivity contribution < 1.29 is 0 Å². The van der Waals surface area contributed by atoms with Crippen molar-refractivity contribution >= 4 is 22.8 Å². The molecule has 0 saturated heterocycles. The third-order valence-corrected chi connectivity index (χ3v) is 4.15. The quantitative estimate of drug-likeness (QED) is 0.586. The summed E-state index contributed by atoms with van der Waals surface area (Å²) in [6, 6.07) is 17.6. The molecular formula is C20H16N6. The highest BCUT2D eigenvalue weighted by Gasteiger charge is 2.10. The van der Waals surface area contributed by atoms with E-state index >= 15 is 0 Å². The number of nitriles is 1. The van der Waals surface area contributed by atoms with Crippen LogP contribution in [0, 0.1) is 11.3 Å². The Bertz CT molecular complexity index is 1110. The van der Waals surface area contributed by atoms with E-state index in [1.165, 1.54) is 0 Å². The van der Waals surface area contributed by atoms with Crippen LogP contribution in [0.25, 0.3) is 16.9 Å². The van der Waals surface area contributed by atoms with Gasteiger partial charge in [-0.1, -0.05) is 18.2 Å². The molecule has 0 fully saturated rings. The lowest BCUT2D eigenvalue weighted by Crippen LogP contribution is -1.99. The molecule has 6 heteroatoms. The van der Waals surface area contributed by atoms with Gasteiger partial charge in [0, 0.05) is 36.4 Å². The summed E-state index contributed by atoms with van der Waals surface area (Å²) in [4.78, 5) is 8.97.